The Labute approximate surface area is 137 Å². The van der Waals surface area contributed by atoms with Crippen molar-refractivity contribution in [1.82, 2.24) is 0 Å². The Bertz CT molecular complexity index is 710. The van der Waals surface area contributed by atoms with Crippen LogP contribution in [0.1, 0.15) is 11.1 Å². The van der Waals surface area contributed by atoms with Crippen molar-refractivity contribution in [2.24, 2.45) is 0 Å². The molecule has 0 N–H and O–H groups in total. The van der Waals surface area contributed by atoms with Gasteiger partial charge in [-0.25, -0.2) is 0 Å². The summed E-state index contributed by atoms with van der Waals surface area (Å²) in [4.78, 5) is 20.4. The van der Waals surface area contributed by atoms with Crippen LogP contribution >= 0.6 is 0 Å². The maximum atomic E-state index is 10.7. The Hall–Kier alpha value is -3.16. The van der Waals surface area contributed by atoms with E-state index >= 15 is 0 Å². The molecule has 0 saturated heterocycles. The molecule has 0 aliphatic rings. The van der Waals surface area contributed by atoms with Crippen LogP contribution in [0.25, 0.3) is 0 Å². The molecule has 0 radical (unpaired) electrons. The number of nitrogens with zero attached hydrogens (tertiary/aromatic N) is 2. The highest BCUT2D eigenvalue weighted by atomic mass is 16.6. The molecule has 0 heterocycles. The van der Waals surface area contributed by atoms with Crippen molar-refractivity contribution in [3.05, 3.63) is 67.8 Å². The zero-order valence-corrected chi connectivity index (χ0v) is 13.2. The molecule has 0 aromatic heterocycles. The first-order valence-corrected chi connectivity index (χ1v) is 7.14. The molecule has 0 spiro atoms. The van der Waals surface area contributed by atoms with Crippen molar-refractivity contribution in [1.29, 1.82) is 0 Å². The van der Waals surface area contributed by atoms with Crippen molar-refractivity contribution in [2.75, 3.05) is 13.2 Å². The lowest BCUT2D eigenvalue weighted by Crippen LogP contribution is -2.10. The Morgan fingerprint density at radius 2 is 1.17 bits per heavy atom. The third kappa shape index (κ3) is 4.19. The Morgan fingerprint density at radius 3 is 1.46 bits per heavy atom. The van der Waals surface area contributed by atoms with E-state index in [0.717, 1.165) is 0 Å². The molecule has 2 rings (SSSR count). The number of hydrogen-bond acceptors (Lipinski definition) is 6. The van der Waals surface area contributed by atoms with Gasteiger partial charge in [0.05, 0.1) is 9.85 Å². The molecule has 0 fully saturated rings. The highest BCUT2D eigenvalue weighted by Crippen LogP contribution is 2.24. The number of rotatable bonds is 7. The van der Waals surface area contributed by atoms with Gasteiger partial charge in [-0.1, -0.05) is 0 Å². The van der Waals surface area contributed by atoms with Gasteiger partial charge in [0.2, 0.25) is 0 Å². The van der Waals surface area contributed by atoms with Crippen LogP contribution in [0, 0.1) is 34.1 Å². The number of aryl methyl sites for hydroxylation is 2. The predicted molar refractivity (Wildman–Crippen MR) is 86.7 cm³/mol. The van der Waals surface area contributed by atoms with Gasteiger partial charge in [0, 0.05) is 24.3 Å². The van der Waals surface area contributed by atoms with Crippen LogP contribution in [0.3, 0.4) is 0 Å². The second-order valence-corrected chi connectivity index (χ2v) is 5.11. The summed E-state index contributed by atoms with van der Waals surface area (Å²) < 4.78 is 11.1. The lowest BCUT2D eigenvalue weighted by molar-refractivity contribution is -0.385. The predicted octanol–water partition coefficient (Wildman–Crippen LogP) is 3.58. The molecule has 24 heavy (non-hydrogen) atoms. The van der Waals surface area contributed by atoms with Crippen molar-refractivity contribution >= 4 is 11.4 Å². The summed E-state index contributed by atoms with van der Waals surface area (Å²) in [5, 5.41) is 21.4. The van der Waals surface area contributed by atoms with E-state index in [9.17, 15) is 20.2 Å². The third-order valence-corrected chi connectivity index (χ3v) is 3.34. The first kappa shape index (κ1) is 17.2. The summed E-state index contributed by atoms with van der Waals surface area (Å²) in [7, 11) is 0. The van der Waals surface area contributed by atoms with Crippen LogP contribution in [0.5, 0.6) is 11.5 Å². The second-order valence-electron chi connectivity index (χ2n) is 5.11. The van der Waals surface area contributed by atoms with E-state index < -0.39 is 9.85 Å². The summed E-state index contributed by atoms with van der Waals surface area (Å²) in [6.07, 6.45) is 0. The summed E-state index contributed by atoms with van der Waals surface area (Å²) in [5.41, 5.74) is 1.35. The molecule has 0 aliphatic heterocycles. The summed E-state index contributed by atoms with van der Waals surface area (Å²) >= 11 is 0. The fraction of sp³-hybridized carbons (Fsp3) is 0.250. The lowest BCUT2D eigenvalue weighted by Gasteiger charge is -2.11. The van der Waals surface area contributed by atoms with Gasteiger partial charge in [0.15, 0.2) is 0 Å². The number of nitro benzene ring substituents is 2. The Morgan fingerprint density at radius 1 is 0.792 bits per heavy atom. The fourth-order valence-electron chi connectivity index (χ4n) is 2.12. The van der Waals surface area contributed by atoms with Crippen molar-refractivity contribution < 1.29 is 19.3 Å². The number of non-ortho nitro benzene ring substituents is 2. The molecular weight excluding hydrogens is 316 g/mol. The highest BCUT2D eigenvalue weighted by Gasteiger charge is 2.10. The lowest BCUT2D eigenvalue weighted by atomic mass is 10.2. The van der Waals surface area contributed by atoms with Crippen molar-refractivity contribution in [3.63, 3.8) is 0 Å². The highest BCUT2D eigenvalue weighted by molar-refractivity contribution is 5.43. The van der Waals surface area contributed by atoms with Gasteiger partial charge in [-0.15, -0.1) is 0 Å². The first-order chi connectivity index (χ1) is 11.4. The molecule has 0 unspecified atom stereocenters. The van der Waals surface area contributed by atoms with Crippen LogP contribution in [0.15, 0.2) is 36.4 Å². The monoisotopic (exact) mass is 332 g/mol. The van der Waals surface area contributed by atoms with Gasteiger partial charge >= 0.3 is 0 Å². The number of benzene rings is 2. The average Bonchev–Trinajstić information content (AvgIpc) is 2.53. The van der Waals surface area contributed by atoms with E-state index in [1.807, 2.05) is 0 Å². The number of nitro groups is 2. The first-order valence-electron chi connectivity index (χ1n) is 7.14. The van der Waals surface area contributed by atoms with Gasteiger partial charge < -0.3 is 9.47 Å². The molecule has 126 valence electrons. The van der Waals surface area contributed by atoms with Crippen LogP contribution in [0.2, 0.25) is 0 Å². The molecule has 0 atom stereocenters. The normalized spacial score (nSPS) is 10.2. The van der Waals surface area contributed by atoms with E-state index in [1.54, 1.807) is 26.0 Å². The SMILES string of the molecule is Cc1cc([N+](=O)[O-])ccc1OCCOc1ccc([N+](=O)[O-])cc1C. The zero-order chi connectivity index (χ0) is 17.7. The molecule has 0 bridgehead atoms. The topological polar surface area (TPSA) is 105 Å². The van der Waals surface area contributed by atoms with Crippen LogP contribution in [-0.2, 0) is 0 Å². The molecule has 8 heteroatoms. The Balaban J connectivity index is 1.89. The zero-order valence-electron chi connectivity index (χ0n) is 13.2. The van der Waals surface area contributed by atoms with Crippen LogP contribution < -0.4 is 9.47 Å². The van der Waals surface area contributed by atoms with Gasteiger partial charge in [0.25, 0.3) is 11.4 Å². The van der Waals surface area contributed by atoms with Crippen LogP contribution in [-0.4, -0.2) is 23.1 Å². The summed E-state index contributed by atoms with van der Waals surface area (Å²) in [6, 6.07) is 8.73. The minimum Gasteiger partial charge on any atom is -0.490 e. The smallest absolute Gasteiger partial charge is 0.269 e. The minimum atomic E-state index is -0.461. The standard InChI is InChI=1S/C16H16N2O6/c1-11-9-13(17(19)20)3-5-15(11)23-7-8-24-16-6-4-14(18(21)22)10-12(16)2/h3-6,9-10H,7-8H2,1-2H3. The molecular formula is C16H16N2O6. The molecule has 0 saturated carbocycles. The van der Waals surface area contributed by atoms with E-state index in [0.29, 0.717) is 22.6 Å². The van der Waals surface area contributed by atoms with Gasteiger partial charge in [-0.3, -0.25) is 20.2 Å². The molecule has 2 aromatic rings. The largest absolute Gasteiger partial charge is 0.490 e. The van der Waals surface area contributed by atoms with Gasteiger partial charge in [-0.05, 0) is 37.1 Å². The quantitative estimate of drug-likeness (QED) is 0.436. The minimum absolute atomic E-state index is 0.0117. The second kappa shape index (κ2) is 7.40. The van der Waals surface area contributed by atoms with Crippen molar-refractivity contribution in [2.45, 2.75) is 13.8 Å². The van der Waals surface area contributed by atoms with E-state index in [4.69, 9.17) is 9.47 Å². The van der Waals surface area contributed by atoms with E-state index in [-0.39, 0.29) is 24.6 Å². The molecule has 2 aromatic carbocycles. The molecule has 8 nitrogen and oxygen atoms in total. The summed E-state index contributed by atoms with van der Waals surface area (Å²) in [5.74, 6) is 1.09. The van der Waals surface area contributed by atoms with Crippen LogP contribution in [0.4, 0.5) is 11.4 Å². The van der Waals surface area contributed by atoms with E-state index in [2.05, 4.69) is 0 Å². The van der Waals surface area contributed by atoms with Gasteiger partial charge in [0.1, 0.15) is 24.7 Å². The fourth-order valence-corrected chi connectivity index (χ4v) is 2.12. The summed E-state index contributed by atoms with van der Waals surface area (Å²) in [6.45, 7) is 3.94. The Kier molecular flexibility index (Phi) is 5.31. The molecule has 0 aliphatic carbocycles. The third-order valence-electron chi connectivity index (χ3n) is 3.34. The number of ether oxygens (including phenoxy) is 2. The maximum Gasteiger partial charge on any atom is 0.269 e. The number of hydrogen-bond donors (Lipinski definition) is 0. The van der Waals surface area contributed by atoms with Crippen molar-refractivity contribution in [3.8, 4) is 11.5 Å². The van der Waals surface area contributed by atoms with E-state index in [1.165, 1.54) is 24.3 Å². The van der Waals surface area contributed by atoms with Gasteiger partial charge in [-0.2, -0.15) is 0 Å². The molecule has 0 amide bonds. The average molecular weight is 332 g/mol. The maximum absolute atomic E-state index is 10.7.